The highest BCUT2D eigenvalue weighted by molar-refractivity contribution is 6.46. The summed E-state index contributed by atoms with van der Waals surface area (Å²) in [6, 6.07) is 4.90. The highest BCUT2D eigenvalue weighted by atomic mass is 35.5. The summed E-state index contributed by atoms with van der Waals surface area (Å²) < 4.78 is 28.0. The fourth-order valence-electron chi connectivity index (χ4n) is 2.81. The average molecular weight is 394 g/mol. The van der Waals surface area contributed by atoms with E-state index < -0.39 is 23.6 Å². The molecule has 0 spiro atoms. The van der Waals surface area contributed by atoms with Crippen molar-refractivity contribution < 1.29 is 13.6 Å². The van der Waals surface area contributed by atoms with Crippen LogP contribution in [0.25, 0.3) is 5.70 Å². The summed E-state index contributed by atoms with van der Waals surface area (Å²) in [6.45, 7) is 0.133. The largest absolute Gasteiger partial charge is 0.347 e. The van der Waals surface area contributed by atoms with Crippen molar-refractivity contribution in [3.8, 4) is 0 Å². The number of carbonyl (C=O) groups excluding carboxylic acids is 1. The molecule has 1 atom stereocenters. The molecule has 1 aliphatic rings. The summed E-state index contributed by atoms with van der Waals surface area (Å²) in [4.78, 5) is 16.9. The van der Waals surface area contributed by atoms with Crippen LogP contribution in [0.1, 0.15) is 17.7 Å². The molecule has 0 bridgehead atoms. The van der Waals surface area contributed by atoms with Gasteiger partial charge in [-0.3, -0.25) is 9.48 Å². The minimum Gasteiger partial charge on any atom is -0.347 e. The van der Waals surface area contributed by atoms with E-state index in [1.165, 1.54) is 6.07 Å². The van der Waals surface area contributed by atoms with Crippen LogP contribution in [0.3, 0.4) is 0 Å². The quantitative estimate of drug-likeness (QED) is 0.788. The third-order valence-corrected chi connectivity index (χ3v) is 4.55. The summed E-state index contributed by atoms with van der Waals surface area (Å²) in [5.74, 6) is -2.26. The summed E-state index contributed by atoms with van der Waals surface area (Å²) in [5.41, 5.74) is 7.73. The van der Waals surface area contributed by atoms with Gasteiger partial charge in [-0.15, -0.1) is 0 Å². The van der Waals surface area contributed by atoms with Crippen molar-refractivity contribution in [2.45, 2.75) is 18.9 Å². The lowest BCUT2D eigenvalue weighted by Crippen LogP contribution is -2.44. The lowest BCUT2D eigenvalue weighted by atomic mass is 10.1. The van der Waals surface area contributed by atoms with E-state index in [4.69, 9.17) is 17.3 Å². The van der Waals surface area contributed by atoms with Crippen LogP contribution in [0.15, 0.2) is 40.5 Å². The molecule has 142 valence electrons. The number of carbonyl (C=O) groups is 1. The van der Waals surface area contributed by atoms with Crippen LogP contribution in [-0.4, -0.2) is 34.0 Å². The molecule has 1 aromatic heterocycles. The predicted molar refractivity (Wildman–Crippen MR) is 99.1 cm³/mol. The molecule has 0 unspecified atom stereocenters. The van der Waals surface area contributed by atoms with E-state index >= 15 is 0 Å². The Bertz CT molecular complexity index is 938. The molecule has 0 fully saturated rings. The Morgan fingerprint density at radius 3 is 2.78 bits per heavy atom. The molecule has 2 aromatic rings. The first-order valence-electron chi connectivity index (χ1n) is 8.28. The van der Waals surface area contributed by atoms with Crippen LogP contribution in [0.2, 0.25) is 0 Å². The van der Waals surface area contributed by atoms with Gasteiger partial charge in [-0.05, 0) is 30.2 Å². The molecule has 2 heterocycles. The molecule has 1 aromatic carbocycles. The molecule has 0 aliphatic carbocycles. The number of hydrogen-bond donors (Lipinski definition) is 2. The molecule has 1 amide bonds. The number of amides is 1. The maximum absolute atomic E-state index is 13.4. The zero-order valence-electron chi connectivity index (χ0n) is 14.5. The molecule has 0 saturated carbocycles. The van der Waals surface area contributed by atoms with Crippen molar-refractivity contribution >= 4 is 28.9 Å². The number of nitrogens with zero attached hydrogens (tertiary/aromatic N) is 3. The summed E-state index contributed by atoms with van der Waals surface area (Å²) in [6.07, 6.45) is 2.09. The van der Waals surface area contributed by atoms with Gasteiger partial charge < -0.3 is 11.1 Å². The van der Waals surface area contributed by atoms with Crippen LogP contribution in [0, 0.1) is 11.6 Å². The van der Waals surface area contributed by atoms with E-state index in [-0.39, 0.29) is 25.1 Å². The highest BCUT2D eigenvalue weighted by Gasteiger charge is 2.25. The highest BCUT2D eigenvalue weighted by Crippen LogP contribution is 2.30. The minimum absolute atomic E-state index is 0.133. The first kappa shape index (κ1) is 19.2. The molecule has 9 heteroatoms. The number of allylic oxidation sites excluding steroid dienone is 1. The van der Waals surface area contributed by atoms with E-state index in [1.54, 1.807) is 24.0 Å². The van der Waals surface area contributed by atoms with Gasteiger partial charge in [0.2, 0.25) is 0 Å². The van der Waals surface area contributed by atoms with Crippen molar-refractivity contribution in [2.75, 3.05) is 6.54 Å². The van der Waals surface area contributed by atoms with Crippen molar-refractivity contribution in [1.29, 1.82) is 0 Å². The van der Waals surface area contributed by atoms with E-state index in [1.807, 2.05) is 0 Å². The SMILES string of the molecule is Cn1nccc1C1=C(Cl)CC(C(=O)N[C@H](CN)Cc2ccc(F)c(F)c2)=N1. The fraction of sp³-hybridized carbons (Fsp3) is 0.278. The third-order valence-electron chi connectivity index (χ3n) is 4.24. The van der Waals surface area contributed by atoms with Gasteiger partial charge in [0, 0.05) is 32.3 Å². The van der Waals surface area contributed by atoms with Crippen LogP contribution in [0.4, 0.5) is 8.78 Å². The number of halogens is 3. The van der Waals surface area contributed by atoms with Crippen molar-refractivity contribution in [3.63, 3.8) is 0 Å². The number of nitrogens with one attached hydrogen (secondary N) is 1. The Balaban J connectivity index is 1.69. The Morgan fingerprint density at radius 1 is 1.37 bits per heavy atom. The number of benzene rings is 1. The Kier molecular flexibility index (Phi) is 5.67. The van der Waals surface area contributed by atoms with E-state index in [0.717, 1.165) is 12.1 Å². The molecule has 0 radical (unpaired) electrons. The second kappa shape index (κ2) is 7.98. The van der Waals surface area contributed by atoms with Crippen LogP contribution < -0.4 is 11.1 Å². The molecule has 27 heavy (non-hydrogen) atoms. The number of aryl methyl sites for hydroxylation is 1. The van der Waals surface area contributed by atoms with Gasteiger partial charge in [0.15, 0.2) is 11.6 Å². The zero-order valence-corrected chi connectivity index (χ0v) is 15.3. The van der Waals surface area contributed by atoms with E-state index in [0.29, 0.717) is 22.0 Å². The monoisotopic (exact) mass is 393 g/mol. The summed E-state index contributed by atoms with van der Waals surface area (Å²) >= 11 is 6.25. The van der Waals surface area contributed by atoms with Gasteiger partial charge >= 0.3 is 0 Å². The molecule has 1 aliphatic heterocycles. The zero-order chi connectivity index (χ0) is 19.6. The number of rotatable bonds is 6. The van der Waals surface area contributed by atoms with Gasteiger partial charge in [0.25, 0.3) is 5.91 Å². The van der Waals surface area contributed by atoms with Crippen molar-refractivity contribution in [1.82, 2.24) is 15.1 Å². The topological polar surface area (TPSA) is 85.3 Å². The molecule has 3 rings (SSSR count). The lowest BCUT2D eigenvalue weighted by molar-refractivity contribution is -0.115. The molecule has 3 N–H and O–H groups in total. The predicted octanol–water partition coefficient (Wildman–Crippen LogP) is 2.14. The number of aliphatic imine (C=N–C) groups is 1. The van der Waals surface area contributed by atoms with Crippen molar-refractivity contribution in [3.05, 3.63) is 58.4 Å². The molecule has 0 saturated heterocycles. The van der Waals surface area contributed by atoms with E-state index in [2.05, 4.69) is 15.4 Å². The number of aromatic nitrogens is 2. The van der Waals surface area contributed by atoms with E-state index in [9.17, 15) is 13.6 Å². The molecular formula is C18H18ClF2N5O. The Labute approximate surface area is 159 Å². The van der Waals surface area contributed by atoms with Crippen LogP contribution in [-0.2, 0) is 18.3 Å². The molecule has 6 nitrogen and oxygen atoms in total. The van der Waals surface area contributed by atoms with Crippen molar-refractivity contribution in [2.24, 2.45) is 17.8 Å². The molecular weight excluding hydrogens is 376 g/mol. The smallest absolute Gasteiger partial charge is 0.266 e. The normalized spacial score (nSPS) is 15.1. The second-order valence-corrected chi connectivity index (χ2v) is 6.64. The standard InChI is InChI=1S/C18H18ClF2N5O/c1-26-16(4-5-23-26)17-12(19)8-15(25-17)18(27)24-11(9-22)6-10-2-3-13(20)14(21)7-10/h2-5,7,11H,6,8-9,22H2,1H3,(H,24,27)/t11-/m0/s1. The Morgan fingerprint density at radius 2 is 2.15 bits per heavy atom. The van der Waals surface area contributed by atoms with Gasteiger partial charge in [0.1, 0.15) is 11.4 Å². The maximum Gasteiger partial charge on any atom is 0.266 e. The minimum atomic E-state index is -0.938. The fourth-order valence-corrected chi connectivity index (χ4v) is 3.08. The Hall–Kier alpha value is -2.58. The summed E-state index contributed by atoms with van der Waals surface area (Å²) in [5, 5.41) is 7.29. The van der Waals surface area contributed by atoms with Crippen LogP contribution >= 0.6 is 11.6 Å². The lowest BCUT2D eigenvalue weighted by Gasteiger charge is -2.17. The van der Waals surface area contributed by atoms with Crippen LogP contribution in [0.5, 0.6) is 0 Å². The van der Waals surface area contributed by atoms with Gasteiger partial charge in [-0.2, -0.15) is 5.10 Å². The summed E-state index contributed by atoms with van der Waals surface area (Å²) in [7, 11) is 1.76. The first-order chi connectivity index (χ1) is 12.9. The number of nitrogens with two attached hydrogens (primary N) is 1. The van der Waals surface area contributed by atoms with Gasteiger partial charge in [0.05, 0.1) is 10.7 Å². The third kappa shape index (κ3) is 4.23. The first-order valence-corrected chi connectivity index (χ1v) is 8.66. The second-order valence-electron chi connectivity index (χ2n) is 6.19. The number of hydrogen-bond acceptors (Lipinski definition) is 4. The van der Waals surface area contributed by atoms with Gasteiger partial charge in [-0.1, -0.05) is 17.7 Å². The maximum atomic E-state index is 13.4. The van der Waals surface area contributed by atoms with Gasteiger partial charge in [-0.25, -0.2) is 13.8 Å². The average Bonchev–Trinajstić information content (AvgIpc) is 3.22.